The maximum atomic E-state index is 13.8. The van der Waals surface area contributed by atoms with Crippen LogP contribution < -0.4 is 10.6 Å². The molecule has 0 aliphatic rings. The largest absolute Gasteiger partial charge is 0.444 e. The van der Waals surface area contributed by atoms with E-state index in [1.54, 1.807) is 27.7 Å². The predicted octanol–water partition coefficient (Wildman–Crippen LogP) is 5.92. The highest BCUT2D eigenvalue weighted by Crippen LogP contribution is 2.32. The van der Waals surface area contributed by atoms with Crippen molar-refractivity contribution in [2.45, 2.75) is 33.3 Å². The number of aromatic nitrogens is 1. The second-order valence-corrected chi connectivity index (χ2v) is 9.13. The number of ether oxygens (including phenoxy) is 1. The molecule has 3 aromatic rings. The summed E-state index contributed by atoms with van der Waals surface area (Å²) in [4.78, 5) is 30.7. The first-order valence-electron chi connectivity index (χ1n) is 8.74. The Morgan fingerprint density at radius 1 is 1.14 bits per heavy atom. The minimum absolute atomic E-state index is 0.131. The Bertz CT molecular complexity index is 1040. The van der Waals surface area contributed by atoms with Crippen molar-refractivity contribution in [3.63, 3.8) is 0 Å². The summed E-state index contributed by atoms with van der Waals surface area (Å²) in [5, 5.41) is 7.88. The van der Waals surface area contributed by atoms with E-state index in [9.17, 15) is 14.0 Å². The lowest BCUT2D eigenvalue weighted by molar-refractivity contribution is 0.0635. The number of aryl methyl sites for hydroxylation is 1. The summed E-state index contributed by atoms with van der Waals surface area (Å²) in [6, 6.07) is 7.54. The van der Waals surface area contributed by atoms with Gasteiger partial charge in [0.2, 0.25) is 0 Å². The van der Waals surface area contributed by atoms with E-state index in [2.05, 4.69) is 15.6 Å². The molecule has 0 atom stereocenters. The number of anilines is 2. The Kier molecular flexibility index (Phi) is 5.99. The van der Waals surface area contributed by atoms with E-state index < -0.39 is 23.4 Å². The molecule has 0 saturated carbocycles. The highest BCUT2D eigenvalue weighted by Gasteiger charge is 2.20. The van der Waals surface area contributed by atoms with E-state index in [1.807, 2.05) is 17.5 Å². The molecule has 0 aliphatic heterocycles. The van der Waals surface area contributed by atoms with Gasteiger partial charge in [-0.15, -0.1) is 22.7 Å². The third-order valence-electron chi connectivity index (χ3n) is 3.60. The molecule has 152 valence electrons. The highest BCUT2D eigenvalue weighted by atomic mass is 32.1. The molecule has 0 spiro atoms. The molecule has 2 heterocycles. The molecule has 0 aliphatic carbocycles. The number of benzene rings is 1. The first kappa shape index (κ1) is 20.9. The van der Waals surface area contributed by atoms with Crippen LogP contribution in [0, 0.1) is 12.7 Å². The molecule has 2 N–H and O–H groups in total. The lowest BCUT2D eigenvalue weighted by Gasteiger charge is -2.20. The predicted molar refractivity (Wildman–Crippen MR) is 114 cm³/mol. The van der Waals surface area contributed by atoms with Gasteiger partial charge in [0.1, 0.15) is 21.3 Å². The maximum Gasteiger partial charge on any atom is 0.412 e. The molecule has 6 nitrogen and oxygen atoms in total. The van der Waals surface area contributed by atoms with Crippen molar-refractivity contribution in [2.75, 3.05) is 10.6 Å². The van der Waals surface area contributed by atoms with Gasteiger partial charge < -0.3 is 10.1 Å². The molecular formula is C20H20FN3O3S2. The van der Waals surface area contributed by atoms with Crippen LogP contribution in [-0.4, -0.2) is 22.6 Å². The van der Waals surface area contributed by atoms with Gasteiger partial charge in [-0.1, -0.05) is 6.07 Å². The van der Waals surface area contributed by atoms with Gasteiger partial charge in [-0.2, -0.15) is 0 Å². The molecule has 3 rings (SSSR count). The zero-order chi connectivity index (χ0) is 21.2. The summed E-state index contributed by atoms with van der Waals surface area (Å²) in [5.74, 6) is -0.976. The van der Waals surface area contributed by atoms with E-state index in [-0.39, 0.29) is 11.4 Å². The smallest absolute Gasteiger partial charge is 0.412 e. The molecule has 29 heavy (non-hydrogen) atoms. The van der Waals surface area contributed by atoms with Crippen LogP contribution in [-0.2, 0) is 4.74 Å². The maximum absolute atomic E-state index is 13.8. The Labute approximate surface area is 175 Å². The molecule has 0 fully saturated rings. The van der Waals surface area contributed by atoms with Crippen molar-refractivity contribution in [3.8, 4) is 9.88 Å². The molecule has 9 heteroatoms. The zero-order valence-electron chi connectivity index (χ0n) is 16.3. The average Bonchev–Trinajstić information content (AvgIpc) is 3.25. The number of hydrogen-bond donors (Lipinski definition) is 2. The number of nitrogens with zero attached hydrogens (tertiary/aromatic N) is 1. The van der Waals surface area contributed by atoms with E-state index in [1.165, 1.54) is 34.8 Å². The molecular weight excluding hydrogens is 413 g/mol. The number of thiazole rings is 1. The normalized spacial score (nSPS) is 11.2. The van der Waals surface area contributed by atoms with Crippen molar-refractivity contribution >= 4 is 46.0 Å². The number of carbonyl (C=O) groups excluding carboxylic acids is 2. The fourth-order valence-corrected chi connectivity index (χ4v) is 4.19. The van der Waals surface area contributed by atoms with Gasteiger partial charge in [0.15, 0.2) is 0 Å². The van der Waals surface area contributed by atoms with Crippen molar-refractivity contribution in [1.82, 2.24) is 4.98 Å². The first-order chi connectivity index (χ1) is 13.6. The van der Waals surface area contributed by atoms with E-state index in [0.29, 0.717) is 10.6 Å². The van der Waals surface area contributed by atoms with Crippen LogP contribution in [0.25, 0.3) is 9.88 Å². The lowest BCUT2D eigenvalue weighted by Crippen LogP contribution is -2.27. The minimum Gasteiger partial charge on any atom is -0.444 e. The van der Waals surface area contributed by atoms with Gasteiger partial charge in [-0.05, 0) is 57.3 Å². The van der Waals surface area contributed by atoms with Gasteiger partial charge >= 0.3 is 6.09 Å². The fraction of sp³-hybridized carbons (Fsp3) is 0.250. The summed E-state index contributed by atoms with van der Waals surface area (Å²) in [5.41, 5.74) is 0.251. The SMILES string of the molecule is Cc1nc(-c2cccs2)sc1C(=O)Nc1cc(F)ccc1NC(=O)OC(C)(C)C. The van der Waals surface area contributed by atoms with E-state index in [4.69, 9.17) is 4.74 Å². The van der Waals surface area contributed by atoms with Crippen LogP contribution in [0.3, 0.4) is 0 Å². The summed E-state index contributed by atoms with van der Waals surface area (Å²) >= 11 is 2.79. The first-order valence-corrected chi connectivity index (χ1v) is 10.4. The number of halogens is 1. The van der Waals surface area contributed by atoms with E-state index >= 15 is 0 Å². The van der Waals surface area contributed by atoms with Crippen molar-refractivity contribution in [3.05, 3.63) is 52.1 Å². The average molecular weight is 434 g/mol. The highest BCUT2D eigenvalue weighted by molar-refractivity contribution is 7.22. The number of hydrogen-bond acceptors (Lipinski definition) is 6. The monoisotopic (exact) mass is 433 g/mol. The van der Waals surface area contributed by atoms with Crippen LogP contribution in [0.2, 0.25) is 0 Å². The number of rotatable bonds is 4. The van der Waals surface area contributed by atoms with Crippen molar-refractivity contribution in [2.24, 2.45) is 0 Å². The Morgan fingerprint density at radius 2 is 1.90 bits per heavy atom. The quantitative estimate of drug-likeness (QED) is 0.535. The Morgan fingerprint density at radius 3 is 2.55 bits per heavy atom. The number of amides is 2. The van der Waals surface area contributed by atoms with Crippen molar-refractivity contribution in [1.29, 1.82) is 0 Å². The number of nitrogens with one attached hydrogen (secondary N) is 2. The lowest BCUT2D eigenvalue weighted by atomic mass is 10.2. The third kappa shape index (κ3) is 5.39. The Balaban J connectivity index is 1.82. The van der Waals surface area contributed by atoms with Crippen LogP contribution in [0.4, 0.5) is 20.6 Å². The van der Waals surface area contributed by atoms with Gasteiger partial charge in [-0.3, -0.25) is 10.1 Å². The molecule has 2 amide bonds. The molecule has 0 radical (unpaired) electrons. The third-order valence-corrected chi connectivity index (χ3v) is 5.80. The van der Waals surface area contributed by atoms with E-state index in [0.717, 1.165) is 16.0 Å². The molecule has 1 aromatic carbocycles. The summed E-state index contributed by atoms with van der Waals surface area (Å²) in [6.07, 6.45) is -0.700. The van der Waals surface area contributed by atoms with Gasteiger partial charge in [0.25, 0.3) is 5.91 Å². The minimum atomic E-state index is -0.700. The van der Waals surface area contributed by atoms with Crippen LogP contribution >= 0.6 is 22.7 Å². The van der Waals surface area contributed by atoms with Crippen molar-refractivity contribution < 1.29 is 18.7 Å². The number of thiophene rings is 1. The topological polar surface area (TPSA) is 80.3 Å². The molecule has 2 aromatic heterocycles. The zero-order valence-corrected chi connectivity index (χ0v) is 18.0. The molecule has 0 unspecified atom stereocenters. The van der Waals surface area contributed by atoms with Gasteiger partial charge in [-0.25, -0.2) is 14.2 Å². The summed E-state index contributed by atoms with van der Waals surface area (Å²) in [7, 11) is 0. The molecule has 0 saturated heterocycles. The standard InChI is InChI=1S/C20H20FN3O3S2/c1-11-16(29-18(22-11)15-6-5-9-28-15)17(25)23-14-10-12(21)7-8-13(14)24-19(26)27-20(2,3)4/h5-10H,1-4H3,(H,23,25)(H,24,26). The van der Waals surface area contributed by atoms with Crippen LogP contribution in [0.5, 0.6) is 0 Å². The van der Waals surface area contributed by atoms with Crippen LogP contribution in [0.15, 0.2) is 35.7 Å². The summed E-state index contributed by atoms with van der Waals surface area (Å²) < 4.78 is 19.0. The Hall–Kier alpha value is -2.78. The second kappa shape index (κ2) is 8.30. The number of carbonyl (C=O) groups is 2. The van der Waals surface area contributed by atoms with Gasteiger partial charge in [0.05, 0.1) is 21.9 Å². The summed E-state index contributed by atoms with van der Waals surface area (Å²) in [6.45, 7) is 6.95. The molecule has 0 bridgehead atoms. The fourth-order valence-electron chi connectivity index (χ4n) is 2.43. The second-order valence-electron chi connectivity index (χ2n) is 7.18. The van der Waals surface area contributed by atoms with Crippen LogP contribution in [0.1, 0.15) is 36.1 Å². The van der Waals surface area contributed by atoms with Gasteiger partial charge in [0, 0.05) is 0 Å².